The van der Waals surface area contributed by atoms with Crippen molar-refractivity contribution in [2.24, 2.45) is 0 Å². The minimum absolute atomic E-state index is 0.0362. The highest BCUT2D eigenvalue weighted by molar-refractivity contribution is 6.00. The fraction of sp³-hybridized carbons (Fsp3) is 0.370. The van der Waals surface area contributed by atoms with E-state index in [1.165, 1.54) is 0 Å². The predicted molar refractivity (Wildman–Crippen MR) is 135 cm³/mol. The van der Waals surface area contributed by atoms with Crippen LogP contribution in [0.15, 0.2) is 60.8 Å². The first kappa shape index (κ1) is 24.5. The molecule has 0 bridgehead atoms. The molecule has 2 amide bonds. The number of hydrogen-bond donors (Lipinski definition) is 1. The third kappa shape index (κ3) is 6.27. The summed E-state index contributed by atoms with van der Waals surface area (Å²) in [6.07, 6.45) is 2.76. The summed E-state index contributed by atoms with van der Waals surface area (Å²) in [6, 6.07) is 17.7. The Morgan fingerprint density at radius 1 is 1.03 bits per heavy atom. The van der Waals surface area contributed by atoms with Crippen molar-refractivity contribution in [1.82, 2.24) is 24.9 Å². The highest BCUT2D eigenvalue weighted by Gasteiger charge is 2.27. The minimum atomic E-state index is -0.0442. The van der Waals surface area contributed by atoms with Gasteiger partial charge in [-0.3, -0.25) is 19.2 Å². The molecule has 0 unspecified atom stereocenters. The molecule has 2 heterocycles. The molecule has 1 fully saturated rings. The average Bonchev–Trinajstić information content (AvgIpc) is 3.32. The number of nitrogens with one attached hydrogen (secondary N) is 1. The quantitative estimate of drug-likeness (QED) is 0.515. The molecule has 0 atom stereocenters. The van der Waals surface area contributed by atoms with Crippen LogP contribution in [0.5, 0.6) is 5.75 Å². The van der Waals surface area contributed by atoms with E-state index in [0.717, 1.165) is 17.5 Å². The molecule has 184 valence electrons. The highest BCUT2D eigenvalue weighted by atomic mass is 16.5. The molecule has 1 aromatic heterocycles. The second-order valence-electron chi connectivity index (χ2n) is 8.72. The number of hydrogen-bond acceptors (Lipinski definition) is 5. The van der Waals surface area contributed by atoms with Gasteiger partial charge in [0.25, 0.3) is 5.91 Å². The van der Waals surface area contributed by atoms with Gasteiger partial charge in [-0.2, -0.15) is 5.10 Å². The zero-order valence-corrected chi connectivity index (χ0v) is 20.4. The van der Waals surface area contributed by atoms with Gasteiger partial charge in [0.05, 0.1) is 25.8 Å². The topological polar surface area (TPSA) is 79.7 Å². The fourth-order valence-electron chi connectivity index (χ4n) is 4.22. The first-order chi connectivity index (χ1) is 17.1. The summed E-state index contributed by atoms with van der Waals surface area (Å²) in [5.41, 5.74) is 3.17. The van der Waals surface area contributed by atoms with E-state index in [2.05, 4.69) is 10.2 Å². The number of nitrogens with zero attached hydrogens (tertiary/aromatic N) is 4. The van der Waals surface area contributed by atoms with Crippen molar-refractivity contribution < 1.29 is 14.3 Å². The van der Waals surface area contributed by atoms with Crippen LogP contribution >= 0.6 is 0 Å². The molecule has 0 radical (unpaired) electrons. The summed E-state index contributed by atoms with van der Waals surface area (Å²) in [7, 11) is 1.63. The van der Waals surface area contributed by atoms with Crippen LogP contribution in [-0.2, 0) is 11.3 Å². The molecule has 0 spiro atoms. The Bertz CT molecular complexity index is 1140. The average molecular weight is 476 g/mol. The van der Waals surface area contributed by atoms with Gasteiger partial charge in [-0.25, -0.2) is 0 Å². The van der Waals surface area contributed by atoms with Gasteiger partial charge in [0.15, 0.2) is 0 Å². The number of rotatable bonds is 9. The fourth-order valence-corrected chi connectivity index (χ4v) is 4.22. The Morgan fingerprint density at radius 3 is 2.51 bits per heavy atom. The summed E-state index contributed by atoms with van der Waals surface area (Å²) in [5.74, 6) is 0.708. The number of carbonyl (C=O) groups is 2. The SMILES string of the molecule is CCCNC(=O)CN1CCN(C(=O)c2cn(Cc3ccccc3)nc2-c2cccc(OC)c2)CC1. The van der Waals surface area contributed by atoms with Crippen LogP contribution < -0.4 is 10.1 Å². The number of benzene rings is 2. The van der Waals surface area contributed by atoms with Crippen molar-refractivity contribution >= 4 is 11.8 Å². The van der Waals surface area contributed by atoms with Crippen LogP contribution in [0.2, 0.25) is 0 Å². The summed E-state index contributed by atoms with van der Waals surface area (Å²) < 4.78 is 7.22. The summed E-state index contributed by atoms with van der Waals surface area (Å²) in [6.45, 7) is 6.14. The van der Waals surface area contributed by atoms with Crippen molar-refractivity contribution in [3.8, 4) is 17.0 Å². The molecule has 1 N–H and O–H groups in total. The Labute approximate surface area is 206 Å². The third-order valence-electron chi connectivity index (χ3n) is 6.12. The summed E-state index contributed by atoms with van der Waals surface area (Å²) in [5, 5.41) is 7.71. The highest BCUT2D eigenvalue weighted by Crippen LogP contribution is 2.27. The molecule has 2 aromatic carbocycles. The number of aromatic nitrogens is 2. The van der Waals surface area contributed by atoms with Gasteiger partial charge in [-0.05, 0) is 24.1 Å². The second-order valence-corrected chi connectivity index (χ2v) is 8.72. The van der Waals surface area contributed by atoms with E-state index in [-0.39, 0.29) is 11.8 Å². The van der Waals surface area contributed by atoms with Crippen molar-refractivity contribution in [1.29, 1.82) is 0 Å². The smallest absolute Gasteiger partial charge is 0.257 e. The van der Waals surface area contributed by atoms with Crippen LogP contribution in [0.1, 0.15) is 29.3 Å². The second kappa shape index (κ2) is 11.7. The molecular weight excluding hydrogens is 442 g/mol. The van der Waals surface area contributed by atoms with Crippen LogP contribution in [0.4, 0.5) is 0 Å². The first-order valence-corrected chi connectivity index (χ1v) is 12.1. The van der Waals surface area contributed by atoms with Crippen LogP contribution in [0, 0.1) is 0 Å². The molecule has 1 aliphatic rings. The molecule has 0 aliphatic carbocycles. The molecule has 1 aliphatic heterocycles. The monoisotopic (exact) mass is 475 g/mol. The number of amides is 2. The van der Waals surface area contributed by atoms with Crippen molar-refractivity contribution in [3.05, 3.63) is 71.9 Å². The minimum Gasteiger partial charge on any atom is -0.497 e. The van der Waals surface area contributed by atoms with E-state index in [9.17, 15) is 9.59 Å². The van der Waals surface area contributed by atoms with Gasteiger partial charge < -0.3 is 15.0 Å². The Balaban J connectivity index is 1.52. The molecule has 8 nitrogen and oxygen atoms in total. The lowest BCUT2D eigenvalue weighted by molar-refractivity contribution is -0.122. The molecule has 4 rings (SSSR count). The van der Waals surface area contributed by atoms with E-state index < -0.39 is 0 Å². The van der Waals surface area contributed by atoms with Crippen molar-refractivity contribution in [2.75, 3.05) is 46.4 Å². The normalized spacial score (nSPS) is 14.1. The van der Waals surface area contributed by atoms with E-state index in [0.29, 0.717) is 62.8 Å². The largest absolute Gasteiger partial charge is 0.497 e. The summed E-state index contributed by atoms with van der Waals surface area (Å²) >= 11 is 0. The number of ether oxygens (including phenoxy) is 1. The zero-order chi connectivity index (χ0) is 24.6. The number of methoxy groups -OCH3 is 1. The van der Waals surface area contributed by atoms with Gasteiger partial charge in [-0.15, -0.1) is 0 Å². The maximum absolute atomic E-state index is 13.6. The lowest BCUT2D eigenvalue weighted by atomic mass is 10.1. The Kier molecular flexibility index (Phi) is 8.15. The van der Waals surface area contributed by atoms with Crippen LogP contribution in [-0.4, -0.2) is 77.8 Å². The van der Waals surface area contributed by atoms with E-state index in [1.807, 2.05) is 77.3 Å². The van der Waals surface area contributed by atoms with Crippen molar-refractivity contribution in [2.45, 2.75) is 19.9 Å². The van der Waals surface area contributed by atoms with Crippen LogP contribution in [0.25, 0.3) is 11.3 Å². The lowest BCUT2D eigenvalue weighted by Crippen LogP contribution is -2.51. The molecule has 3 aromatic rings. The Hall–Kier alpha value is -3.65. The van der Waals surface area contributed by atoms with Gasteiger partial charge in [0, 0.05) is 44.5 Å². The third-order valence-corrected chi connectivity index (χ3v) is 6.12. The number of carbonyl (C=O) groups excluding carboxylic acids is 2. The maximum Gasteiger partial charge on any atom is 0.257 e. The zero-order valence-electron chi connectivity index (χ0n) is 20.4. The van der Waals surface area contributed by atoms with Gasteiger partial charge >= 0.3 is 0 Å². The van der Waals surface area contributed by atoms with E-state index in [4.69, 9.17) is 9.84 Å². The molecule has 0 saturated carbocycles. The van der Waals surface area contributed by atoms with Gasteiger partial charge in [0.1, 0.15) is 11.4 Å². The van der Waals surface area contributed by atoms with Crippen molar-refractivity contribution in [3.63, 3.8) is 0 Å². The molecule has 35 heavy (non-hydrogen) atoms. The molecule has 8 heteroatoms. The summed E-state index contributed by atoms with van der Waals surface area (Å²) in [4.78, 5) is 29.6. The van der Waals surface area contributed by atoms with E-state index in [1.54, 1.807) is 7.11 Å². The molecular formula is C27H33N5O3. The lowest BCUT2D eigenvalue weighted by Gasteiger charge is -2.34. The maximum atomic E-state index is 13.6. The van der Waals surface area contributed by atoms with Gasteiger partial charge in [0.2, 0.25) is 5.91 Å². The number of piperazine rings is 1. The standard InChI is InChI=1S/C27H33N5O3/c1-3-12-28-25(33)20-30-13-15-31(16-14-30)27(34)24-19-32(18-21-8-5-4-6-9-21)29-26(24)22-10-7-11-23(17-22)35-2/h4-11,17,19H,3,12-16,18,20H2,1-2H3,(H,28,33). The van der Waals surface area contributed by atoms with Crippen LogP contribution in [0.3, 0.4) is 0 Å². The Morgan fingerprint density at radius 2 is 1.80 bits per heavy atom. The predicted octanol–water partition coefficient (Wildman–Crippen LogP) is 2.89. The first-order valence-electron chi connectivity index (χ1n) is 12.1. The van der Waals surface area contributed by atoms with Gasteiger partial charge in [-0.1, -0.05) is 49.4 Å². The molecule has 1 saturated heterocycles. The van der Waals surface area contributed by atoms with E-state index >= 15 is 0 Å².